The van der Waals surface area contributed by atoms with Gasteiger partial charge in [-0.2, -0.15) is 0 Å². The van der Waals surface area contributed by atoms with Crippen molar-refractivity contribution in [3.05, 3.63) is 107 Å². The van der Waals surface area contributed by atoms with Crippen LogP contribution in [0.3, 0.4) is 0 Å². The highest BCUT2D eigenvalue weighted by Gasteiger charge is 2.12. The first-order valence-corrected chi connectivity index (χ1v) is 8.59. The van der Waals surface area contributed by atoms with E-state index in [4.69, 9.17) is 4.74 Å². The van der Waals surface area contributed by atoms with Crippen molar-refractivity contribution in [1.29, 1.82) is 0 Å². The van der Waals surface area contributed by atoms with Crippen molar-refractivity contribution in [2.24, 2.45) is 4.99 Å². The first-order chi connectivity index (χ1) is 13.4. The Hall–Kier alpha value is -3.67. The fourth-order valence-corrected chi connectivity index (χ4v) is 2.45. The molecule has 2 heterocycles. The number of benzene rings is 1. The molecule has 6 heteroatoms. The summed E-state index contributed by atoms with van der Waals surface area (Å²) in [5.41, 5.74) is 3.14. The lowest BCUT2D eigenvalue weighted by Crippen LogP contribution is -2.15. The van der Waals surface area contributed by atoms with E-state index in [2.05, 4.69) is 23.1 Å². The Labute approximate surface area is 162 Å². The minimum Gasteiger partial charge on any atom is -0.489 e. The quantitative estimate of drug-likeness (QED) is 0.766. The molecule has 0 fully saturated rings. The van der Waals surface area contributed by atoms with Gasteiger partial charge in [0, 0.05) is 47.6 Å². The molecule has 0 bridgehead atoms. The monoisotopic (exact) mass is 377 g/mol. The molecule has 0 saturated heterocycles. The van der Waals surface area contributed by atoms with Gasteiger partial charge in [0.15, 0.2) is 0 Å². The Morgan fingerprint density at radius 2 is 2.04 bits per heavy atom. The fourth-order valence-electron chi connectivity index (χ4n) is 2.45. The lowest BCUT2D eigenvalue weighted by Gasteiger charge is -2.22. The fraction of sp³-hybridized carbons (Fsp3) is 0.0909. The zero-order chi connectivity index (χ0) is 20.1. The number of aromatic nitrogens is 1. The van der Waals surface area contributed by atoms with Gasteiger partial charge in [-0.1, -0.05) is 18.7 Å². The van der Waals surface area contributed by atoms with Gasteiger partial charge >= 0.3 is 0 Å². The van der Waals surface area contributed by atoms with Gasteiger partial charge in [-0.25, -0.2) is 9.38 Å². The molecule has 0 radical (unpaired) electrons. The molecule has 1 aliphatic rings. The highest BCUT2D eigenvalue weighted by molar-refractivity contribution is 6.10. The topological polar surface area (TPSA) is 57.7 Å². The summed E-state index contributed by atoms with van der Waals surface area (Å²) in [5.74, 6) is 0.785. The van der Waals surface area contributed by atoms with E-state index in [-0.39, 0.29) is 18.0 Å². The van der Waals surface area contributed by atoms with Crippen LogP contribution in [0, 0.1) is 5.82 Å². The molecule has 0 spiro atoms. The Balaban J connectivity index is 1.81. The van der Waals surface area contributed by atoms with Gasteiger partial charge in [0.2, 0.25) is 5.56 Å². The summed E-state index contributed by atoms with van der Waals surface area (Å²) in [6.07, 6.45) is 7.03. The molecule has 3 rings (SSSR count). The second kappa shape index (κ2) is 8.35. The molecule has 5 nitrogen and oxygen atoms in total. The second-order valence-electron chi connectivity index (χ2n) is 6.29. The molecule has 2 aromatic rings. The molecule has 1 aliphatic heterocycles. The maximum absolute atomic E-state index is 13.0. The molecular weight excluding hydrogens is 357 g/mol. The third kappa shape index (κ3) is 4.73. The van der Waals surface area contributed by atoms with E-state index in [1.165, 1.54) is 18.2 Å². The van der Waals surface area contributed by atoms with Gasteiger partial charge in [0.25, 0.3) is 0 Å². The van der Waals surface area contributed by atoms with Crippen LogP contribution in [0.4, 0.5) is 4.39 Å². The number of hydrogen-bond acceptors (Lipinski definition) is 4. The molecule has 1 aromatic carbocycles. The molecule has 142 valence electrons. The van der Waals surface area contributed by atoms with E-state index in [0.29, 0.717) is 11.6 Å². The molecular formula is C22H20FN3O2. The molecule has 1 aromatic heterocycles. The predicted octanol–water partition coefficient (Wildman–Crippen LogP) is 4.25. The summed E-state index contributed by atoms with van der Waals surface area (Å²) in [6, 6.07) is 9.03. The van der Waals surface area contributed by atoms with Gasteiger partial charge in [-0.15, -0.1) is 0 Å². The molecule has 0 atom stereocenters. The number of halogens is 1. The summed E-state index contributed by atoms with van der Waals surface area (Å²) >= 11 is 0. The minimum absolute atomic E-state index is 0.166. The summed E-state index contributed by atoms with van der Waals surface area (Å²) in [7, 11) is 0. The van der Waals surface area contributed by atoms with E-state index in [9.17, 15) is 9.18 Å². The molecule has 28 heavy (non-hydrogen) atoms. The largest absolute Gasteiger partial charge is 0.489 e. The van der Waals surface area contributed by atoms with E-state index < -0.39 is 0 Å². The van der Waals surface area contributed by atoms with Crippen molar-refractivity contribution >= 4 is 11.8 Å². The normalized spacial score (nSPS) is 14.1. The van der Waals surface area contributed by atoms with Crippen LogP contribution < -0.4 is 10.3 Å². The Morgan fingerprint density at radius 3 is 2.68 bits per heavy atom. The number of aliphatic imine (C=N–C) groups is 1. The summed E-state index contributed by atoms with van der Waals surface area (Å²) in [6.45, 7) is 10.1. The van der Waals surface area contributed by atoms with Gasteiger partial charge in [0.1, 0.15) is 24.0 Å². The Morgan fingerprint density at radius 1 is 1.29 bits per heavy atom. The Bertz CT molecular complexity index is 1030. The third-order valence-corrected chi connectivity index (χ3v) is 4.10. The van der Waals surface area contributed by atoms with Crippen molar-refractivity contribution < 1.29 is 9.13 Å². The van der Waals surface area contributed by atoms with Crippen LogP contribution in [0.2, 0.25) is 0 Å². The first kappa shape index (κ1) is 19.1. The van der Waals surface area contributed by atoms with Crippen molar-refractivity contribution in [2.45, 2.75) is 6.92 Å². The molecule has 0 unspecified atom stereocenters. The average molecular weight is 377 g/mol. The van der Waals surface area contributed by atoms with Gasteiger partial charge in [-0.3, -0.25) is 4.79 Å². The smallest absolute Gasteiger partial charge is 0.247 e. The van der Waals surface area contributed by atoms with E-state index in [1.54, 1.807) is 35.5 Å². The molecule has 0 aliphatic carbocycles. The zero-order valence-corrected chi connectivity index (χ0v) is 15.5. The van der Waals surface area contributed by atoms with Crippen LogP contribution in [-0.2, 0) is 0 Å². The third-order valence-electron chi connectivity index (χ3n) is 4.10. The predicted molar refractivity (Wildman–Crippen MR) is 109 cm³/mol. The van der Waals surface area contributed by atoms with Crippen LogP contribution >= 0.6 is 0 Å². The highest BCUT2D eigenvalue weighted by Crippen LogP contribution is 2.22. The number of hydrogen-bond donors (Lipinski definition) is 1. The first-order valence-electron chi connectivity index (χ1n) is 8.59. The summed E-state index contributed by atoms with van der Waals surface area (Å²) in [4.78, 5) is 20.0. The maximum Gasteiger partial charge on any atom is 0.247 e. The number of nitrogens with one attached hydrogen (secondary N) is 1. The molecule has 0 amide bonds. The number of nitrogens with zero attached hydrogens (tertiary/aromatic N) is 2. The number of ether oxygens (including phenoxy) is 1. The molecule has 0 saturated carbocycles. The maximum atomic E-state index is 13.0. The van der Waals surface area contributed by atoms with Crippen molar-refractivity contribution in [1.82, 2.24) is 9.88 Å². The summed E-state index contributed by atoms with van der Waals surface area (Å²) < 4.78 is 18.8. The second-order valence-corrected chi connectivity index (χ2v) is 6.29. The lowest BCUT2D eigenvalue weighted by molar-refractivity contribution is 0.351. The summed E-state index contributed by atoms with van der Waals surface area (Å²) in [5, 5.41) is 0. The SMILES string of the molecule is C=C(C)/C(=C\N1C=C(c2ccc(=O)[nH]c2)C=NC1=C)COc1ccc(F)cc1. The Kier molecular flexibility index (Phi) is 5.69. The van der Waals surface area contributed by atoms with Crippen LogP contribution in [0.1, 0.15) is 12.5 Å². The lowest BCUT2D eigenvalue weighted by atomic mass is 10.1. The zero-order valence-electron chi connectivity index (χ0n) is 15.5. The number of allylic oxidation sites excluding steroid dienone is 1. The van der Waals surface area contributed by atoms with Gasteiger partial charge in [-0.05, 0) is 37.3 Å². The highest BCUT2D eigenvalue weighted by atomic mass is 19.1. The van der Waals surface area contributed by atoms with Crippen molar-refractivity contribution in [3.63, 3.8) is 0 Å². The van der Waals surface area contributed by atoms with Crippen molar-refractivity contribution in [2.75, 3.05) is 6.61 Å². The number of pyridine rings is 1. The van der Waals surface area contributed by atoms with Crippen LogP contribution in [0.25, 0.3) is 5.57 Å². The number of aromatic amines is 1. The van der Waals surface area contributed by atoms with Crippen LogP contribution in [-0.4, -0.2) is 22.7 Å². The average Bonchev–Trinajstić information content (AvgIpc) is 2.68. The van der Waals surface area contributed by atoms with E-state index in [1.807, 2.05) is 19.3 Å². The van der Waals surface area contributed by atoms with Crippen LogP contribution in [0.5, 0.6) is 5.75 Å². The van der Waals surface area contributed by atoms with Crippen LogP contribution in [0.15, 0.2) is 94.9 Å². The number of H-pyrrole nitrogens is 1. The standard InChI is InChI=1S/C22H20FN3O2/c1-15(2)19(14-28-21-7-5-20(23)6-8-21)13-26-12-18(11-24-16(26)3)17-4-9-22(27)25-10-17/h4-13H,1,3,14H2,2H3,(H,25,27)/b19-13-. The van der Waals surface area contributed by atoms with E-state index in [0.717, 1.165) is 22.3 Å². The van der Waals surface area contributed by atoms with Gasteiger partial charge in [0.05, 0.1) is 0 Å². The van der Waals surface area contributed by atoms with Gasteiger partial charge < -0.3 is 14.6 Å². The van der Waals surface area contributed by atoms with E-state index >= 15 is 0 Å². The minimum atomic E-state index is -0.314. The van der Waals surface area contributed by atoms with Crippen molar-refractivity contribution in [3.8, 4) is 5.75 Å². The number of rotatable bonds is 6. The molecule has 1 N–H and O–H groups in total.